The minimum absolute atomic E-state index is 0.0447. The maximum atomic E-state index is 10.8. The van der Waals surface area contributed by atoms with Crippen molar-refractivity contribution in [3.8, 4) is 5.75 Å². The van der Waals surface area contributed by atoms with E-state index in [1.165, 1.54) is 6.07 Å². The van der Waals surface area contributed by atoms with Gasteiger partial charge in [-0.05, 0) is 19.1 Å². The number of hydrogen-bond acceptors (Lipinski definition) is 6. The number of rotatable bonds is 5. The summed E-state index contributed by atoms with van der Waals surface area (Å²) in [6.07, 6.45) is 1.63. The van der Waals surface area contributed by atoms with Crippen LogP contribution in [0.25, 0.3) is 0 Å². The summed E-state index contributed by atoms with van der Waals surface area (Å²) in [5.74, 6) is 6.26. The summed E-state index contributed by atoms with van der Waals surface area (Å²) in [7, 11) is 0. The van der Waals surface area contributed by atoms with Crippen LogP contribution in [-0.4, -0.2) is 9.91 Å². The zero-order valence-corrected chi connectivity index (χ0v) is 10.9. The molecule has 0 spiro atoms. The Balaban J connectivity index is 2.10. The maximum Gasteiger partial charge on any atom is 0.276 e. The van der Waals surface area contributed by atoms with Crippen LogP contribution < -0.4 is 16.0 Å². The van der Waals surface area contributed by atoms with Gasteiger partial charge in [0.1, 0.15) is 18.2 Å². The van der Waals surface area contributed by atoms with Crippen LogP contribution in [0.4, 0.5) is 11.5 Å². The molecule has 3 N–H and O–H groups in total. The Bertz CT molecular complexity index is 614. The Morgan fingerprint density at radius 1 is 1.40 bits per heavy atom. The van der Waals surface area contributed by atoms with E-state index in [1.54, 1.807) is 31.3 Å². The van der Waals surface area contributed by atoms with Crippen molar-refractivity contribution in [2.24, 2.45) is 5.84 Å². The van der Waals surface area contributed by atoms with Gasteiger partial charge in [0.05, 0.1) is 10.5 Å². The fraction of sp³-hybridized carbons (Fsp3) is 0.154. The van der Waals surface area contributed by atoms with Crippen LogP contribution in [0.3, 0.4) is 0 Å². The van der Waals surface area contributed by atoms with Gasteiger partial charge in [-0.25, -0.2) is 10.8 Å². The molecule has 1 aromatic carbocycles. The summed E-state index contributed by atoms with van der Waals surface area (Å²) in [4.78, 5) is 14.5. The highest BCUT2D eigenvalue weighted by Gasteiger charge is 2.14. The number of nitro groups is 1. The van der Waals surface area contributed by atoms with Gasteiger partial charge in [-0.2, -0.15) is 0 Å². The van der Waals surface area contributed by atoms with Crippen LogP contribution in [0.15, 0.2) is 36.5 Å². The van der Waals surface area contributed by atoms with Gasteiger partial charge in [-0.3, -0.25) is 10.1 Å². The number of benzene rings is 1. The van der Waals surface area contributed by atoms with Crippen molar-refractivity contribution in [2.75, 3.05) is 5.43 Å². The van der Waals surface area contributed by atoms with E-state index < -0.39 is 4.92 Å². The molecule has 0 fully saturated rings. The van der Waals surface area contributed by atoms with E-state index >= 15 is 0 Å². The van der Waals surface area contributed by atoms with Crippen molar-refractivity contribution < 1.29 is 9.66 Å². The zero-order valence-electron chi connectivity index (χ0n) is 10.9. The molecule has 1 heterocycles. The van der Waals surface area contributed by atoms with Crippen LogP contribution in [0.1, 0.15) is 11.1 Å². The lowest BCUT2D eigenvalue weighted by atomic mass is 10.2. The predicted molar refractivity (Wildman–Crippen MR) is 74.2 cm³/mol. The number of nitro benzene ring substituents is 1. The molecule has 2 aromatic rings. The normalized spacial score (nSPS) is 10.1. The number of aromatic nitrogens is 1. The number of nitrogen functional groups attached to an aromatic ring is 1. The van der Waals surface area contributed by atoms with Crippen molar-refractivity contribution in [3.05, 3.63) is 57.8 Å². The van der Waals surface area contributed by atoms with E-state index in [1.807, 2.05) is 6.07 Å². The molecular formula is C13H14N4O3. The van der Waals surface area contributed by atoms with Crippen molar-refractivity contribution in [1.29, 1.82) is 0 Å². The molecule has 20 heavy (non-hydrogen) atoms. The van der Waals surface area contributed by atoms with Crippen LogP contribution in [-0.2, 0) is 6.61 Å². The minimum Gasteiger partial charge on any atom is -0.488 e. The number of hydrazine groups is 1. The monoisotopic (exact) mass is 274 g/mol. The highest BCUT2D eigenvalue weighted by Crippen LogP contribution is 2.27. The second kappa shape index (κ2) is 5.98. The van der Waals surface area contributed by atoms with Crippen LogP contribution in [0.2, 0.25) is 0 Å². The molecule has 0 aliphatic rings. The number of ether oxygens (including phenoxy) is 1. The first-order chi connectivity index (χ1) is 9.61. The van der Waals surface area contributed by atoms with Gasteiger partial charge in [-0.1, -0.05) is 12.1 Å². The molecular weight excluding hydrogens is 260 g/mol. The molecule has 104 valence electrons. The van der Waals surface area contributed by atoms with Gasteiger partial charge < -0.3 is 10.2 Å². The number of nitrogens with two attached hydrogens (primary N) is 1. The van der Waals surface area contributed by atoms with E-state index in [-0.39, 0.29) is 12.3 Å². The van der Waals surface area contributed by atoms with Crippen molar-refractivity contribution in [1.82, 2.24) is 4.98 Å². The number of nitrogens with one attached hydrogen (secondary N) is 1. The zero-order chi connectivity index (χ0) is 14.5. The second-order valence-electron chi connectivity index (χ2n) is 4.14. The van der Waals surface area contributed by atoms with Gasteiger partial charge in [-0.15, -0.1) is 0 Å². The van der Waals surface area contributed by atoms with E-state index in [9.17, 15) is 10.1 Å². The number of anilines is 1. The fourth-order valence-electron chi connectivity index (χ4n) is 1.71. The molecule has 0 unspecified atom stereocenters. The predicted octanol–water partition coefficient (Wildman–Crippen LogP) is 2.16. The number of nitrogens with zero attached hydrogens (tertiary/aromatic N) is 2. The Kier molecular flexibility index (Phi) is 4.11. The molecule has 2 rings (SSSR count). The molecule has 0 aliphatic carbocycles. The van der Waals surface area contributed by atoms with Crippen molar-refractivity contribution >= 4 is 11.5 Å². The van der Waals surface area contributed by atoms with Gasteiger partial charge in [0.2, 0.25) is 0 Å². The first-order valence-corrected chi connectivity index (χ1v) is 5.90. The average Bonchev–Trinajstić information content (AvgIpc) is 2.46. The SMILES string of the molecule is Cc1c(OCc2ccc(NN)nc2)cccc1[N+](=O)[O-]. The third-order valence-electron chi connectivity index (χ3n) is 2.82. The molecule has 0 saturated carbocycles. The Hall–Kier alpha value is -2.67. The topological polar surface area (TPSA) is 103 Å². The fourth-order valence-corrected chi connectivity index (χ4v) is 1.71. The Morgan fingerprint density at radius 2 is 2.20 bits per heavy atom. The summed E-state index contributed by atoms with van der Waals surface area (Å²) in [6.45, 7) is 1.94. The summed E-state index contributed by atoms with van der Waals surface area (Å²) in [5, 5.41) is 10.8. The van der Waals surface area contributed by atoms with Gasteiger partial charge in [0, 0.05) is 17.8 Å². The lowest BCUT2D eigenvalue weighted by molar-refractivity contribution is -0.385. The van der Waals surface area contributed by atoms with E-state index in [4.69, 9.17) is 10.6 Å². The summed E-state index contributed by atoms with van der Waals surface area (Å²) in [5.41, 5.74) is 3.82. The molecule has 7 nitrogen and oxygen atoms in total. The standard InChI is InChI=1S/C13H14N4O3/c1-9-11(17(18)19)3-2-4-12(9)20-8-10-5-6-13(16-14)15-7-10/h2-7H,8,14H2,1H3,(H,15,16). The number of hydrogen-bond donors (Lipinski definition) is 2. The third kappa shape index (κ3) is 3.01. The summed E-state index contributed by atoms with van der Waals surface area (Å²) < 4.78 is 5.59. The smallest absolute Gasteiger partial charge is 0.276 e. The van der Waals surface area contributed by atoms with Crippen molar-refractivity contribution in [2.45, 2.75) is 13.5 Å². The van der Waals surface area contributed by atoms with Crippen LogP contribution in [0, 0.1) is 17.0 Å². The first kappa shape index (κ1) is 13.8. The highest BCUT2D eigenvalue weighted by atomic mass is 16.6. The number of pyridine rings is 1. The van der Waals surface area contributed by atoms with Crippen molar-refractivity contribution in [3.63, 3.8) is 0 Å². The molecule has 0 saturated heterocycles. The first-order valence-electron chi connectivity index (χ1n) is 5.90. The molecule has 0 aliphatic heterocycles. The molecule has 0 radical (unpaired) electrons. The highest BCUT2D eigenvalue weighted by molar-refractivity contribution is 5.48. The van der Waals surface area contributed by atoms with Gasteiger partial charge >= 0.3 is 0 Å². The second-order valence-corrected chi connectivity index (χ2v) is 4.14. The summed E-state index contributed by atoms with van der Waals surface area (Å²) in [6, 6.07) is 8.28. The van der Waals surface area contributed by atoms with Crippen LogP contribution >= 0.6 is 0 Å². The summed E-state index contributed by atoms with van der Waals surface area (Å²) >= 11 is 0. The molecule has 0 atom stereocenters. The molecule has 1 aromatic heterocycles. The quantitative estimate of drug-likeness (QED) is 0.492. The Labute approximate surface area is 115 Å². The third-order valence-corrected chi connectivity index (χ3v) is 2.82. The minimum atomic E-state index is -0.425. The average molecular weight is 274 g/mol. The largest absolute Gasteiger partial charge is 0.488 e. The van der Waals surface area contributed by atoms with E-state index in [2.05, 4.69) is 10.4 Å². The van der Waals surface area contributed by atoms with Gasteiger partial charge in [0.25, 0.3) is 5.69 Å². The molecule has 0 amide bonds. The van der Waals surface area contributed by atoms with E-state index in [0.717, 1.165) is 5.56 Å². The van der Waals surface area contributed by atoms with Crippen LogP contribution in [0.5, 0.6) is 5.75 Å². The van der Waals surface area contributed by atoms with E-state index in [0.29, 0.717) is 17.1 Å². The maximum absolute atomic E-state index is 10.8. The lowest BCUT2D eigenvalue weighted by Gasteiger charge is -2.09. The molecule has 0 bridgehead atoms. The molecule has 7 heteroatoms. The van der Waals surface area contributed by atoms with Gasteiger partial charge in [0.15, 0.2) is 0 Å². The lowest BCUT2D eigenvalue weighted by Crippen LogP contribution is -2.08. The Morgan fingerprint density at radius 3 is 2.80 bits per heavy atom.